The van der Waals surface area contributed by atoms with Crippen molar-refractivity contribution in [2.24, 2.45) is 0 Å². The van der Waals surface area contributed by atoms with Crippen molar-refractivity contribution in [3.05, 3.63) is 121 Å². The van der Waals surface area contributed by atoms with E-state index in [2.05, 4.69) is 43.2 Å². The normalized spacial score (nSPS) is 14.1. The quantitative estimate of drug-likeness (QED) is 0.185. The second kappa shape index (κ2) is 10.4. The van der Waals surface area contributed by atoms with Crippen LogP contribution in [-0.4, -0.2) is 9.55 Å². The zero-order chi connectivity index (χ0) is 30.9. The molecule has 0 aliphatic carbocycles. The van der Waals surface area contributed by atoms with Gasteiger partial charge in [0.05, 0.1) is 5.48 Å². The monoisotopic (exact) mass is 720 g/mol. The van der Waals surface area contributed by atoms with Gasteiger partial charge in [-0.25, -0.2) is 4.98 Å². The number of nitrogens with zero attached hydrogens (tertiary/aromatic N) is 3. The molecule has 0 bridgehead atoms. The summed E-state index contributed by atoms with van der Waals surface area (Å²) in [7, 11) is 0. The number of benzene rings is 4. The first kappa shape index (κ1) is 22.6. The third-order valence-corrected chi connectivity index (χ3v) is 7.20. The van der Waals surface area contributed by atoms with Crippen molar-refractivity contribution in [3.63, 3.8) is 0 Å². The van der Waals surface area contributed by atoms with E-state index in [0.29, 0.717) is 39.1 Å². The number of para-hydroxylation sites is 3. The van der Waals surface area contributed by atoms with E-state index in [1.54, 1.807) is 16.8 Å². The molecular formula is C35H29N4OPt-3. The maximum atomic E-state index is 8.84. The van der Waals surface area contributed by atoms with E-state index in [1.165, 1.54) is 0 Å². The van der Waals surface area contributed by atoms with Gasteiger partial charge in [-0.15, -0.1) is 40.9 Å². The van der Waals surface area contributed by atoms with E-state index < -0.39 is 0 Å². The number of rotatable bonds is 4. The molecule has 3 heterocycles. The number of anilines is 3. The van der Waals surface area contributed by atoms with Crippen molar-refractivity contribution >= 4 is 38.9 Å². The van der Waals surface area contributed by atoms with Crippen LogP contribution in [0.15, 0.2) is 91.0 Å². The Hall–Kier alpha value is -4.08. The summed E-state index contributed by atoms with van der Waals surface area (Å²) in [5, 5.41) is 4.33. The van der Waals surface area contributed by atoms with Gasteiger partial charge in [-0.05, 0) is 46.7 Å². The average Bonchev–Trinajstić information content (AvgIpc) is 3.59. The van der Waals surface area contributed by atoms with Crippen LogP contribution in [-0.2, 0) is 26.5 Å². The minimum atomic E-state index is -0.299. The van der Waals surface area contributed by atoms with Gasteiger partial charge in [0.25, 0.3) is 0 Å². The largest absolute Gasteiger partial charge is 0.514 e. The summed E-state index contributed by atoms with van der Waals surface area (Å²) < 4.78 is 42.5. The van der Waals surface area contributed by atoms with Crippen LogP contribution >= 0.6 is 0 Å². The van der Waals surface area contributed by atoms with Crippen molar-refractivity contribution in [3.8, 4) is 17.3 Å². The Kier molecular flexibility index (Phi) is 5.73. The van der Waals surface area contributed by atoms with Crippen molar-refractivity contribution in [1.29, 1.82) is 0 Å². The summed E-state index contributed by atoms with van der Waals surface area (Å²) >= 11 is 0. The molecule has 2 aromatic heterocycles. The molecule has 0 radical (unpaired) electrons. The number of fused-ring (bicyclic) bond motifs is 4. The number of hydrogen-bond donors (Lipinski definition) is 1. The first-order valence-electron chi connectivity index (χ1n) is 15.2. The number of hydrogen-bond acceptors (Lipinski definition) is 4. The Bertz CT molecular complexity index is 2120. The summed E-state index contributed by atoms with van der Waals surface area (Å²) in [6.45, 7) is 10.2. The van der Waals surface area contributed by atoms with Crippen LogP contribution in [0.5, 0.6) is 11.5 Å². The number of pyridine rings is 1. The first-order chi connectivity index (χ1) is 21.0. The Morgan fingerprint density at radius 3 is 2.66 bits per heavy atom. The molecule has 0 saturated carbocycles. The van der Waals surface area contributed by atoms with Gasteiger partial charge in [-0.3, -0.25) is 0 Å². The van der Waals surface area contributed by atoms with E-state index in [9.17, 15) is 0 Å². The second-order valence-electron chi connectivity index (χ2n) is 10.9. The molecule has 7 rings (SSSR count). The van der Waals surface area contributed by atoms with Crippen LogP contribution < -0.4 is 15.0 Å². The van der Waals surface area contributed by atoms with Crippen LogP contribution in [0.2, 0.25) is 0 Å². The molecule has 6 heteroatoms. The van der Waals surface area contributed by atoms with Crippen LogP contribution in [0.3, 0.4) is 0 Å². The van der Waals surface area contributed by atoms with Gasteiger partial charge < -0.3 is 19.5 Å². The van der Waals surface area contributed by atoms with Gasteiger partial charge in [-0.2, -0.15) is 18.8 Å². The fraction of sp³-hybridized carbons (Fsp3) is 0.143. The number of nitrogens with one attached hydrogen (secondary N) is 1. The molecule has 6 aromatic rings. The van der Waals surface area contributed by atoms with Crippen molar-refractivity contribution < 1.29 is 31.3 Å². The fourth-order valence-corrected chi connectivity index (χ4v) is 5.02. The van der Waals surface area contributed by atoms with Gasteiger partial charge in [0.2, 0.25) is 0 Å². The molecule has 0 spiro atoms. The van der Waals surface area contributed by atoms with Crippen molar-refractivity contribution in [2.45, 2.75) is 33.1 Å². The zero-order valence-corrected chi connectivity index (χ0v) is 25.3. The molecule has 5 nitrogen and oxygen atoms in total. The molecule has 1 aliphatic heterocycles. The van der Waals surface area contributed by atoms with Crippen LogP contribution in [0, 0.1) is 25.7 Å². The molecule has 0 atom stereocenters. The minimum absolute atomic E-state index is 0. The maximum Gasteiger partial charge on any atom is 0.135 e. The van der Waals surface area contributed by atoms with Crippen LogP contribution in [0.1, 0.15) is 37.4 Å². The molecule has 1 N–H and O–H groups in total. The average molecular weight is 721 g/mol. The first-order valence-corrected chi connectivity index (χ1v) is 13.2. The molecule has 41 heavy (non-hydrogen) atoms. The van der Waals surface area contributed by atoms with Gasteiger partial charge in [-0.1, -0.05) is 63.5 Å². The summed E-state index contributed by atoms with van der Waals surface area (Å²) in [6.07, 6.45) is 1.73. The standard InChI is InChI=1S/C35H29N4O.Pt/c1-23-13-14-25(38-22-37-29-10-6-8-12-31(29)38)20-33(23)40-26-15-16-28-27-9-5-7-11-30(27)39(32(28)21-26)34-19-24(17-18-36-34)35(2,3)4;/h5-19,22,37H,1-4H3;/q-3;/i5D,7D,9D,11D;. The number of aryl methyl sites for hydroxylation is 1. The van der Waals surface area contributed by atoms with Gasteiger partial charge in [0, 0.05) is 55.7 Å². The van der Waals surface area contributed by atoms with Crippen LogP contribution in [0.4, 0.5) is 17.1 Å². The number of ether oxygens (including phenoxy) is 1. The van der Waals surface area contributed by atoms with Crippen molar-refractivity contribution in [2.75, 3.05) is 10.2 Å². The summed E-state index contributed by atoms with van der Waals surface area (Å²) in [6, 6.07) is 25.5. The minimum Gasteiger partial charge on any atom is -0.514 e. The molecule has 0 amide bonds. The Balaban J connectivity index is 0.00000357. The molecule has 0 unspecified atom stereocenters. The molecular weight excluding hydrogens is 687 g/mol. The van der Waals surface area contributed by atoms with Crippen LogP contribution in [0.25, 0.3) is 27.6 Å². The van der Waals surface area contributed by atoms with Gasteiger partial charge in [0.1, 0.15) is 5.82 Å². The third-order valence-electron chi connectivity index (χ3n) is 7.20. The van der Waals surface area contributed by atoms with E-state index in [0.717, 1.165) is 28.2 Å². The fourth-order valence-electron chi connectivity index (χ4n) is 5.02. The maximum absolute atomic E-state index is 8.84. The van der Waals surface area contributed by atoms with E-state index in [4.69, 9.17) is 10.2 Å². The second-order valence-corrected chi connectivity index (χ2v) is 10.9. The van der Waals surface area contributed by atoms with E-state index >= 15 is 0 Å². The SMILES string of the molecule is [2H]c1c([2H])c([2H])c2c(c1[2H])c1ccc(Oc3[c-]c(N4[CH-]Nc5ccccc54)ccc3C)[c-]c1n2-c1cc(C(C)(C)C)ccn1.[Pt]. The molecule has 208 valence electrons. The Morgan fingerprint density at radius 1 is 0.976 bits per heavy atom. The molecule has 1 aliphatic rings. The zero-order valence-electron chi connectivity index (χ0n) is 27.0. The topological polar surface area (TPSA) is 42.3 Å². The van der Waals surface area contributed by atoms with Gasteiger partial charge >= 0.3 is 0 Å². The summed E-state index contributed by atoms with van der Waals surface area (Å²) in [5.74, 6) is 1.50. The Labute approximate surface area is 260 Å². The Morgan fingerprint density at radius 2 is 1.80 bits per heavy atom. The summed E-state index contributed by atoms with van der Waals surface area (Å²) in [4.78, 5) is 6.67. The molecule has 0 saturated heterocycles. The molecule has 4 aromatic carbocycles. The van der Waals surface area contributed by atoms with Crippen molar-refractivity contribution in [1.82, 2.24) is 9.55 Å². The molecule has 0 fully saturated rings. The third kappa shape index (κ3) is 4.79. The summed E-state index contributed by atoms with van der Waals surface area (Å²) in [5.41, 5.74) is 5.50. The predicted octanol–water partition coefficient (Wildman–Crippen LogP) is 8.86. The predicted molar refractivity (Wildman–Crippen MR) is 163 cm³/mol. The van der Waals surface area contributed by atoms with E-state index in [1.807, 2.05) is 73.1 Å². The smallest absolute Gasteiger partial charge is 0.135 e. The number of aromatic nitrogens is 2. The van der Waals surface area contributed by atoms with E-state index in [-0.39, 0.29) is 50.6 Å². The van der Waals surface area contributed by atoms with Gasteiger partial charge in [0.15, 0.2) is 0 Å².